The van der Waals surface area contributed by atoms with Crippen molar-refractivity contribution in [1.82, 2.24) is 10.2 Å². The van der Waals surface area contributed by atoms with Crippen molar-refractivity contribution in [3.8, 4) is 5.75 Å². The number of imide groups is 1. The van der Waals surface area contributed by atoms with Gasteiger partial charge in [0.25, 0.3) is 0 Å². The zero-order valence-electron chi connectivity index (χ0n) is 19.6. The van der Waals surface area contributed by atoms with Crippen LogP contribution < -0.4 is 10.1 Å². The molecule has 1 saturated heterocycles. The lowest BCUT2D eigenvalue weighted by atomic mass is 9.81. The van der Waals surface area contributed by atoms with Gasteiger partial charge < -0.3 is 10.1 Å². The summed E-state index contributed by atoms with van der Waals surface area (Å²) in [5.74, 6) is 0.402. The van der Waals surface area contributed by atoms with Crippen molar-refractivity contribution in [3.05, 3.63) is 65.7 Å². The number of hydrogen-bond donors (Lipinski definition) is 1. The van der Waals surface area contributed by atoms with E-state index in [9.17, 15) is 14.4 Å². The molecule has 3 amide bonds. The largest absolute Gasteiger partial charge is 0.489 e. The third-order valence-electron chi connectivity index (χ3n) is 6.72. The summed E-state index contributed by atoms with van der Waals surface area (Å²) in [4.78, 5) is 40.5. The summed E-state index contributed by atoms with van der Waals surface area (Å²) in [5, 5.41) is 2.95. The van der Waals surface area contributed by atoms with Gasteiger partial charge in [-0.2, -0.15) is 11.8 Å². The van der Waals surface area contributed by atoms with E-state index in [1.165, 1.54) is 4.90 Å². The van der Waals surface area contributed by atoms with E-state index in [1.54, 1.807) is 11.8 Å². The number of ether oxygens (including phenoxy) is 1. The van der Waals surface area contributed by atoms with Crippen LogP contribution in [0, 0.1) is 11.8 Å². The smallest absolute Gasteiger partial charge is 0.243 e. The number of thioether (sulfide) groups is 1. The van der Waals surface area contributed by atoms with Crippen molar-refractivity contribution in [2.75, 3.05) is 12.0 Å². The fraction of sp³-hybridized carbons (Fsp3) is 0.444. The van der Waals surface area contributed by atoms with Gasteiger partial charge in [-0.3, -0.25) is 19.3 Å². The molecule has 0 bridgehead atoms. The minimum atomic E-state index is -0.744. The zero-order valence-corrected chi connectivity index (χ0v) is 20.4. The molecule has 2 fully saturated rings. The van der Waals surface area contributed by atoms with Gasteiger partial charge >= 0.3 is 0 Å². The highest BCUT2D eigenvalue weighted by Crippen LogP contribution is 2.39. The summed E-state index contributed by atoms with van der Waals surface area (Å²) in [5.41, 5.74) is 2.03. The van der Waals surface area contributed by atoms with Gasteiger partial charge in [0.15, 0.2) is 0 Å². The Morgan fingerprint density at radius 2 is 1.65 bits per heavy atom. The highest BCUT2D eigenvalue weighted by molar-refractivity contribution is 7.98. The van der Waals surface area contributed by atoms with Gasteiger partial charge in [-0.05, 0) is 54.5 Å². The summed E-state index contributed by atoms with van der Waals surface area (Å²) in [6.45, 7) is 0.824. The lowest BCUT2D eigenvalue weighted by Gasteiger charge is -2.26. The molecule has 1 saturated carbocycles. The lowest BCUT2D eigenvalue weighted by molar-refractivity contribution is -0.148. The standard InChI is InChI=1S/C27H32N2O4S/c1-34-16-15-24(29-26(31)22-9-5-6-10-23(22)27(29)32)25(30)28-17-19-11-13-21(14-12-19)33-18-20-7-3-2-4-8-20/h2-4,7-8,11-14,22-24H,5-6,9-10,15-18H2,1H3,(H,28,30)/t22-,23-,24-/m1/s1. The second kappa shape index (κ2) is 11.6. The second-order valence-electron chi connectivity index (χ2n) is 8.98. The van der Waals surface area contributed by atoms with Gasteiger partial charge in [0, 0.05) is 6.54 Å². The monoisotopic (exact) mass is 480 g/mol. The van der Waals surface area contributed by atoms with Crippen molar-refractivity contribution in [2.24, 2.45) is 11.8 Å². The van der Waals surface area contributed by atoms with Crippen LogP contribution in [0.15, 0.2) is 54.6 Å². The number of nitrogens with one attached hydrogen (secondary N) is 1. The number of hydrogen-bond acceptors (Lipinski definition) is 5. The molecule has 2 aromatic carbocycles. The van der Waals surface area contributed by atoms with Crippen molar-refractivity contribution in [3.63, 3.8) is 0 Å². The fourth-order valence-corrected chi connectivity index (χ4v) is 5.31. The van der Waals surface area contributed by atoms with E-state index >= 15 is 0 Å². The van der Waals surface area contributed by atoms with Crippen molar-refractivity contribution in [2.45, 2.75) is 51.3 Å². The Morgan fingerprint density at radius 1 is 1.00 bits per heavy atom. The van der Waals surface area contributed by atoms with Crippen molar-refractivity contribution < 1.29 is 19.1 Å². The minimum Gasteiger partial charge on any atom is -0.489 e. The number of carbonyl (C=O) groups is 3. The van der Waals surface area contributed by atoms with E-state index in [-0.39, 0.29) is 29.6 Å². The van der Waals surface area contributed by atoms with E-state index in [1.807, 2.05) is 60.9 Å². The number of nitrogens with zero attached hydrogens (tertiary/aromatic N) is 1. The van der Waals surface area contributed by atoms with E-state index in [0.717, 1.165) is 42.6 Å². The molecule has 2 aliphatic rings. The first-order chi connectivity index (χ1) is 16.6. The quantitative estimate of drug-likeness (QED) is 0.517. The maximum atomic E-state index is 13.1. The molecular weight excluding hydrogens is 448 g/mol. The van der Waals surface area contributed by atoms with E-state index in [4.69, 9.17) is 4.74 Å². The molecule has 3 atom stereocenters. The Balaban J connectivity index is 1.35. The first kappa shape index (κ1) is 24.3. The molecule has 0 spiro atoms. The molecule has 7 heteroatoms. The number of amides is 3. The van der Waals surface area contributed by atoms with Crippen LogP contribution in [-0.2, 0) is 27.5 Å². The molecule has 2 aromatic rings. The van der Waals surface area contributed by atoms with Crippen molar-refractivity contribution in [1.29, 1.82) is 0 Å². The number of likely N-dealkylation sites (tertiary alicyclic amines) is 1. The summed E-state index contributed by atoms with van der Waals surface area (Å²) >= 11 is 1.61. The number of benzene rings is 2. The molecule has 180 valence electrons. The van der Waals surface area contributed by atoms with Crippen LogP contribution in [0.5, 0.6) is 5.75 Å². The Kier molecular flexibility index (Phi) is 8.27. The van der Waals surface area contributed by atoms with Crippen LogP contribution in [-0.4, -0.2) is 40.7 Å². The van der Waals surface area contributed by atoms with Gasteiger partial charge in [-0.1, -0.05) is 55.3 Å². The third kappa shape index (κ3) is 5.63. The molecule has 4 rings (SSSR count). The predicted molar refractivity (Wildman–Crippen MR) is 133 cm³/mol. The van der Waals surface area contributed by atoms with Gasteiger partial charge in [-0.25, -0.2) is 0 Å². The van der Waals surface area contributed by atoms with Crippen LogP contribution in [0.25, 0.3) is 0 Å². The Labute approximate surface area is 205 Å². The van der Waals surface area contributed by atoms with Crippen LogP contribution in [0.4, 0.5) is 0 Å². The molecule has 6 nitrogen and oxygen atoms in total. The van der Waals surface area contributed by atoms with Crippen LogP contribution >= 0.6 is 11.8 Å². The van der Waals surface area contributed by atoms with E-state index in [2.05, 4.69) is 5.32 Å². The number of rotatable bonds is 10. The summed E-state index contributed by atoms with van der Waals surface area (Å²) in [7, 11) is 0. The SMILES string of the molecule is CSCC[C@H](C(=O)NCc1ccc(OCc2ccccc2)cc1)N1C(=O)[C@@H]2CCCC[C@H]2C1=O. The molecule has 0 radical (unpaired) electrons. The van der Waals surface area contributed by atoms with Crippen LogP contribution in [0.2, 0.25) is 0 Å². The van der Waals surface area contributed by atoms with Gasteiger partial charge in [0.05, 0.1) is 11.8 Å². The second-order valence-corrected chi connectivity index (χ2v) is 9.96. The summed E-state index contributed by atoms with van der Waals surface area (Å²) in [6.07, 6.45) is 5.88. The maximum absolute atomic E-state index is 13.1. The average molecular weight is 481 g/mol. The normalized spacial score (nSPS) is 20.7. The Bertz CT molecular complexity index is 971. The Morgan fingerprint density at radius 3 is 2.26 bits per heavy atom. The van der Waals surface area contributed by atoms with Gasteiger partial charge in [0.1, 0.15) is 18.4 Å². The first-order valence-corrected chi connectivity index (χ1v) is 13.4. The zero-order chi connectivity index (χ0) is 23.9. The van der Waals surface area contributed by atoms with Crippen LogP contribution in [0.3, 0.4) is 0 Å². The lowest BCUT2D eigenvalue weighted by Crippen LogP contribution is -2.50. The topological polar surface area (TPSA) is 75.7 Å². The van der Waals surface area contributed by atoms with Crippen LogP contribution in [0.1, 0.15) is 43.2 Å². The molecular formula is C27H32N2O4S. The van der Waals surface area contributed by atoms with E-state index in [0.29, 0.717) is 25.3 Å². The maximum Gasteiger partial charge on any atom is 0.243 e. The van der Waals surface area contributed by atoms with E-state index < -0.39 is 6.04 Å². The number of fused-ring (bicyclic) bond motifs is 1. The van der Waals surface area contributed by atoms with Gasteiger partial charge in [-0.15, -0.1) is 0 Å². The molecule has 1 heterocycles. The average Bonchev–Trinajstić information content (AvgIpc) is 3.13. The molecule has 0 aromatic heterocycles. The first-order valence-electron chi connectivity index (χ1n) is 12.0. The fourth-order valence-electron chi connectivity index (χ4n) is 4.85. The minimum absolute atomic E-state index is 0.157. The molecule has 0 unspecified atom stereocenters. The highest BCUT2D eigenvalue weighted by Gasteiger charge is 2.51. The summed E-state index contributed by atoms with van der Waals surface area (Å²) < 4.78 is 5.82. The van der Waals surface area contributed by atoms with Gasteiger partial charge in [0.2, 0.25) is 17.7 Å². The Hall–Kier alpha value is -2.80. The molecule has 1 aliphatic heterocycles. The predicted octanol–water partition coefficient (Wildman–Crippen LogP) is 4.18. The van der Waals surface area contributed by atoms with Crippen molar-refractivity contribution >= 4 is 29.5 Å². The molecule has 1 N–H and O–H groups in total. The highest BCUT2D eigenvalue weighted by atomic mass is 32.2. The summed E-state index contributed by atoms with van der Waals surface area (Å²) in [6, 6.07) is 16.8. The molecule has 1 aliphatic carbocycles. The molecule has 34 heavy (non-hydrogen) atoms. The number of carbonyl (C=O) groups excluding carboxylic acids is 3. The third-order valence-corrected chi connectivity index (χ3v) is 7.37.